The number of rotatable bonds is 3. The summed E-state index contributed by atoms with van der Waals surface area (Å²) in [7, 11) is 0. The fourth-order valence-electron chi connectivity index (χ4n) is 2.65. The maximum Gasteiger partial charge on any atom is 0.204 e. The zero-order chi connectivity index (χ0) is 16.5. The van der Waals surface area contributed by atoms with Crippen molar-refractivity contribution in [3.05, 3.63) is 65.7 Å². The molecule has 0 unspecified atom stereocenters. The summed E-state index contributed by atoms with van der Waals surface area (Å²) in [6, 6.07) is 17.6. The van der Waals surface area contributed by atoms with Gasteiger partial charge in [0.2, 0.25) is 5.13 Å². The summed E-state index contributed by atoms with van der Waals surface area (Å²) in [5, 5.41) is 17.1. The first kappa shape index (κ1) is 14.7. The van der Waals surface area contributed by atoms with Crippen molar-refractivity contribution >= 4 is 43.7 Å². The average Bonchev–Trinajstić information content (AvgIpc) is 2.98. The van der Waals surface area contributed by atoms with E-state index in [9.17, 15) is 5.11 Å². The number of phenolic OH excluding ortho intramolecular Hbond substituents is 1. The van der Waals surface area contributed by atoms with Crippen LogP contribution < -0.4 is 5.43 Å². The molecular weight excluding hydrogens is 318 g/mol. The van der Waals surface area contributed by atoms with E-state index in [0.717, 1.165) is 26.1 Å². The first-order chi connectivity index (χ1) is 11.7. The molecule has 1 heterocycles. The van der Waals surface area contributed by atoms with Crippen molar-refractivity contribution < 1.29 is 5.11 Å². The third-order valence-electron chi connectivity index (χ3n) is 3.85. The molecule has 0 amide bonds. The van der Waals surface area contributed by atoms with Gasteiger partial charge in [0, 0.05) is 5.56 Å². The van der Waals surface area contributed by atoms with Crippen LogP contribution in [0.2, 0.25) is 0 Å². The number of aromatic hydroxyl groups is 1. The third kappa shape index (κ3) is 2.70. The first-order valence-electron chi connectivity index (χ1n) is 7.58. The molecule has 3 aromatic carbocycles. The van der Waals surface area contributed by atoms with Gasteiger partial charge in [-0.25, -0.2) is 4.98 Å². The van der Waals surface area contributed by atoms with E-state index in [-0.39, 0.29) is 5.75 Å². The number of anilines is 1. The van der Waals surface area contributed by atoms with Gasteiger partial charge < -0.3 is 5.11 Å². The van der Waals surface area contributed by atoms with Gasteiger partial charge in [-0.3, -0.25) is 5.43 Å². The van der Waals surface area contributed by atoms with Gasteiger partial charge in [0.1, 0.15) is 5.75 Å². The molecule has 4 aromatic rings. The molecule has 118 valence electrons. The lowest BCUT2D eigenvalue weighted by Crippen LogP contribution is -1.91. The Morgan fingerprint density at radius 2 is 2.00 bits per heavy atom. The molecule has 1 aromatic heterocycles. The third-order valence-corrected chi connectivity index (χ3v) is 4.77. The molecule has 0 atom stereocenters. The number of nitrogens with one attached hydrogen (secondary N) is 1. The summed E-state index contributed by atoms with van der Waals surface area (Å²) in [5.74, 6) is 0.208. The van der Waals surface area contributed by atoms with Gasteiger partial charge in [-0.05, 0) is 41.5 Å². The van der Waals surface area contributed by atoms with Gasteiger partial charge in [0.25, 0.3) is 0 Å². The molecular formula is C19H15N3OS. The van der Waals surface area contributed by atoms with Crippen LogP contribution in [0, 0.1) is 6.92 Å². The monoisotopic (exact) mass is 333 g/mol. The second-order valence-electron chi connectivity index (χ2n) is 5.58. The van der Waals surface area contributed by atoms with Crippen LogP contribution in [0.5, 0.6) is 5.75 Å². The number of nitrogens with zero attached hydrogens (tertiary/aromatic N) is 2. The van der Waals surface area contributed by atoms with Crippen molar-refractivity contribution in [1.82, 2.24) is 4.98 Å². The average molecular weight is 333 g/mol. The molecule has 0 aliphatic rings. The minimum atomic E-state index is 0.208. The maximum absolute atomic E-state index is 10.1. The molecule has 0 saturated heterocycles. The molecule has 0 bridgehead atoms. The zero-order valence-electron chi connectivity index (χ0n) is 13.0. The lowest BCUT2D eigenvalue weighted by molar-refractivity contribution is 0.475. The standard InChI is InChI=1S/C19H15N3OS/c1-12-6-8-16-18(10-12)24-19(21-16)22-20-11-15-14-5-3-2-4-13(14)7-9-17(15)23/h2-11,23H,1H3,(H,21,22)/b20-11-. The second kappa shape index (κ2) is 5.94. The zero-order valence-corrected chi connectivity index (χ0v) is 13.8. The predicted octanol–water partition coefficient (Wildman–Crippen LogP) is 4.91. The van der Waals surface area contributed by atoms with Gasteiger partial charge >= 0.3 is 0 Å². The van der Waals surface area contributed by atoms with E-state index in [1.165, 1.54) is 5.56 Å². The molecule has 0 aliphatic carbocycles. The minimum absolute atomic E-state index is 0.208. The molecule has 5 heteroatoms. The van der Waals surface area contributed by atoms with Crippen LogP contribution >= 0.6 is 11.3 Å². The largest absolute Gasteiger partial charge is 0.507 e. The van der Waals surface area contributed by atoms with Crippen LogP contribution in [-0.2, 0) is 0 Å². The van der Waals surface area contributed by atoms with Crippen molar-refractivity contribution in [3.8, 4) is 5.75 Å². The van der Waals surface area contributed by atoms with E-state index in [1.807, 2.05) is 42.5 Å². The van der Waals surface area contributed by atoms with Crippen LogP contribution in [0.1, 0.15) is 11.1 Å². The number of hydrazone groups is 1. The Morgan fingerprint density at radius 1 is 1.12 bits per heavy atom. The summed E-state index contributed by atoms with van der Waals surface area (Å²) in [4.78, 5) is 4.50. The normalized spacial score (nSPS) is 11.5. The van der Waals surface area contributed by atoms with Crippen molar-refractivity contribution in [2.24, 2.45) is 5.10 Å². The lowest BCUT2D eigenvalue weighted by Gasteiger charge is -2.04. The van der Waals surface area contributed by atoms with Crippen molar-refractivity contribution in [2.45, 2.75) is 6.92 Å². The van der Waals surface area contributed by atoms with Crippen LogP contribution in [0.15, 0.2) is 59.7 Å². The van der Waals surface area contributed by atoms with E-state index in [2.05, 4.69) is 28.5 Å². The highest BCUT2D eigenvalue weighted by Gasteiger charge is 2.05. The Hall–Kier alpha value is -2.92. The molecule has 2 N–H and O–H groups in total. The van der Waals surface area contributed by atoms with Gasteiger partial charge in [0.05, 0.1) is 16.4 Å². The van der Waals surface area contributed by atoms with Crippen LogP contribution in [0.3, 0.4) is 0 Å². The molecule has 24 heavy (non-hydrogen) atoms. The first-order valence-corrected chi connectivity index (χ1v) is 8.39. The Balaban J connectivity index is 1.64. The molecule has 0 aliphatic heterocycles. The number of aryl methyl sites for hydroxylation is 1. The molecule has 4 nitrogen and oxygen atoms in total. The maximum atomic E-state index is 10.1. The number of phenols is 1. The lowest BCUT2D eigenvalue weighted by atomic mass is 10.0. The Labute approximate surface area is 143 Å². The van der Waals surface area contributed by atoms with Crippen molar-refractivity contribution in [3.63, 3.8) is 0 Å². The predicted molar refractivity (Wildman–Crippen MR) is 101 cm³/mol. The Bertz CT molecular complexity index is 1070. The second-order valence-corrected chi connectivity index (χ2v) is 6.61. The number of hydrogen-bond acceptors (Lipinski definition) is 5. The van der Waals surface area contributed by atoms with E-state index >= 15 is 0 Å². The summed E-state index contributed by atoms with van der Waals surface area (Å²) in [6.45, 7) is 2.06. The highest BCUT2D eigenvalue weighted by molar-refractivity contribution is 7.22. The van der Waals surface area contributed by atoms with E-state index in [4.69, 9.17) is 0 Å². The number of hydrogen-bond donors (Lipinski definition) is 2. The highest BCUT2D eigenvalue weighted by Crippen LogP contribution is 2.27. The Kier molecular flexibility index (Phi) is 3.63. The van der Waals surface area contributed by atoms with Gasteiger partial charge in [0.15, 0.2) is 0 Å². The van der Waals surface area contributed by atoms with Gasteiger partial charge in [-0.15, -0.1) is 0 Å². The number of aromatic nitrogens is 1. The smallest absolute Gasteiger partial charge is 0.204 e. The molecule has 4 rings (SSSR count). The van der Waals surface area contributed by atoms with E-state index in [0.29, 0.717) is 5.56 Å². The van der Waals surface area contributed by atoms with Gasteiger partial charge in [-0.1, -0.05) is 47.7 Å². The number of fused-ring (bicyclic) bond motifs is 2. The summed E-state index contributed by atoms with van der Waals surface area (Å²) < 4.78 is 1.13. The Morgan fingerprint density at radius 3 is 2.92 bits per heavy atom. The topological polar surface area (TPSA) is 57.5 Å². The van der Waals surface area contributed by atoms with E-state index < -0.39 is 0 Å². The number of thiazole rings is 1. The summed E-state index contributed by atoms with van der Waals surface area (Å²) >= 11 is 1.56. The fourth-order valence-corrected chi connectivity index (χ4v) is 3.57. The van der Waals surface area contributed by atoms with E-state index in [1.54, 1.807) is 23.6 Å². The van der Waals surface area contributed by atoms with Crippen LogP contribution in [-0.4, -0.2) is 16.3 Å². The van der Waals surface area contributed by atoms with Crippen molar-refractivity contribution in [1.29, 1.82) is 0 Å². The van der Waals surface area contributed by atoms with Gasteiger partial charge in [-0.2, -0.15) is 5.10 Å². The summed E-state index contributed by atoms with van der Waals surface area (Å²) in [5.41, 5.74) is 5.82. The minimum Gasteiger partial charge on any atom is -0.507 e. The van der Waals surface area contributed by atoms with Crippen molar-refractivity contribution in [2.75, 3.05) is 5.43 Å². The molecule has 0 fully saturated rings. The molecule has 0 radical (unpaired) electrons. The number of benzene rings is 3. The quantitative estimate of drug-likeness (QED) is 0.414. The van der Waals surface area contributed by atoms with Crippen LogP contribution in [0.25, 0.3) is 21.0 Å². The molecule has 0 saturated carbocycles. The SMILES string of the molecule is Cc1ccc2nc(N/N=C\c3c(O)ccc4ccccc34)sc2c1. The fraction of sp³-hybridized carbons (Fsp3) is 0.0526. The molecule has 0 spiro atoms. The highest BCUT2D eigenvalue weighted by atomic mass is 32.1. The van der Waals surface area contributed by atoms with Crippen LogP contribution in [0.4, 0.5) is 5.13 Å². The summed E-state index contributed by atoms with van der Waals surface area (Å²) in [6.07, 6.45) is 1.63.